The van der Waals surface area contributed by atoms with Gasteiger partial charge in [-0.15, -0.1) is 13.2 Å². The number of anilines is 1. The van der Waals surface area contributed by atoms with Crippen LogP contribution in [0.5, 0.6) is 5.75 Å². The van der Waals surface area contributed by atoms with Gasteiger partial charge in [0.1, 0.15) is 5.75 Å². The van der Waals surface area contributed by atoms with Crippen molar-refractivity contribution < 1.29 is 27.4 Å². The molecule has 122 valence electrons. The minimum Gasteiger partial charge on any atom is -0.461 e. The quantitative estimate of drug-likeness (QED) is 0.467. The van der Waals surface area contributed by atoms with Gasteiger partial charge in [0.05, 0.1) is 22.3 Å². The number of ether oxygens (including phenoxy) is 2. The van der Waals surface area contributed by atoms with Crippen molar-refractivity contribution in [1.82, 2.24) is 0 Å². The predicted octanol–water partition coefficient (Wildman–Crippen LogP) is 4.42. The minimum atomic E-state index is -4.88. The zero-order chi connectivity index (χ0) is 16.9. The van der Waals surface area contributed by atoms with E-state index in [2.05, 4.69) is 20.0 Å². The highest BCUT2D eigenvalue weighted by Crippen LogP contribution is 2.36. The third-order valence-corrected chi connectivity index (χ3v) is 2.79. The number of carbonyl (C=O) groups is 1. The van der Waals surface area contributed by atoms with Crippen LogP contribution in [0.3, 0.4) is 0 Å². The number of esters is 1. The van der Waals surface area contributed by atoms with Crippen molar-refractivity contribution >= 4 is 51.6 Å². The summed E-state index contributed by atoms with van der Waals surface area (Å²) in [6, 6.07) is 1.74. The van der Waals surface area contributed by atoms with Crippen molar-refractivity contribution in [2.45, 2.75) is 13.3 Å². The van der Waals surface area contributed by atoms with Crippen molar-refractivity contribution in [1.29, 1.82) is 0 Å². The summed E-state index contributed by atoms with van der Waals surface area (Å²) in [5, 5.41) is 2.49. The molecule has 0 heterocycles. The summed E-state index contributed by atoms with van der Waals surface area (Å²) in [7, 11) is 0. The Hall–Kier alpha value is -1.38. The van der Waals surface area contributed by atoms with E-state index >= 15 is 0 Å². The molecule has 0 atom stereocenters. The standard InChI is InChI=1S/C11H8Cl3F3N2O3/c1-2-21-10(20)9(14)19-18-8-6(12)3-5(4-7(8)13)22-11(15,16)17/h3-4,18H,2H2,1H3. The first-order valence-corrected chi connectivity index (χ1v) is 6.68. The van der Waals surface area contributed by atoms with E-state index in [9.17, 15) is 18.0 Å². The highest BCUT2D eigenvalue weighted by molar-refractivity contribution is 6.82. The molecule has 0 amide bonds. The van der Waals surface area contributed by atoms with Crippen molar-refractivity contribution in [3.8, 4) is 5.75 Å². The summed E-state index contributed by atoms with van der Waals surface area (Å²) >= 11 is 17.1. The van der Waals surface area contributed by atoms with E-state index in [1.165, 1.54) is 0 Å². The fraction of sp³-hybridized carbons (Fsp3) is 0.273. The second-order valence-electron chi connectivity index (χ2n) is 3.54. The van der Waals surface area contributed by atoms with Crippen LogP contribution in [0.15, 0.2) is 17.2 Å². The first-order valence-electron chi connectivity index (χ1n) is 5.55. The van der Waals surface area contributed by atoms with Gasteiger partial charge in [0.25, 0.3) is 0 Å². The normalized spacial score (nSPS) is 12.0. The number of carbonyl (C=O) groups excluding carboxylic acids is 1. The average Bonchev–Trinajstić information content (AvgIpc) is 2.35. The molecule has 11 heteroatoms. The number of halogens is 6. The van der Waals surface area contributed by atoms with Crippen LogP contribution in [0.25, 0.3) is 0 Å². The first kappa shape index (κ1) is 18.7. The summed E-state index contributed by atoms with van der Waals surface area (Å²) in [5.74, 6) is -1.49. The Morgan fingerprint density at radius 3 is 2.32 bits per heavy atom. The molecule has 0 saturated carbocycles. The molecule has 0 radical (unpaired) electrons. The van der Waals surface area contributed by atoms with Gasteiger partial charge in [-0.05, 0) is 6.92 Å². The van der Waals surface area contributed by atoms with Crippen molar-refractivity contribution in [2.75, 3.05) is 12.0 Å². The van der Waals surface area contributed by atoms with Gasteiger partial charge in [0.15, 0.2) is 0 Å². The van der Waals surface area contributed by atoms with Crippen LogP contribution in [-0.4, -0.2) is 24.1 Å². The molecule has 22 heavy (non-hydrogen) atoms. The molecular formula is C11H8Cl3F3N2O3. The van der Waals surface area contributed by atoms with Crippen LogP contribution in [0.1, 0.15) is 6.92 Å². The van der Waals surface area contributed by atoms with Gasteiger partial charge in [0, 0.05) is 12.1 Å². The van der Waals surface area contributed by atoms with Crippen molar-refractivity contribution in [2.24, 2.45) is 5.10 Å². The van der Waals surface area contributed by atoms with Gasteiger partial charge >= 0.3 is 12.3 Å². The van der Waals surface area contributed by atoms with Gasteiger partial charge in [-0.25, -0.2) is 4.79 Å². The molecule has 1 aromatic rings. The van der Waals surface area contributed by atoms with E-state index in [-0.39, 0.29) is 22.3 Å². The lowest BCUT2D eigenvalue weighted by molar-refractivity contribution is -0.274. The van der Waals surface area contributed by atoms with Gasteiger partial charge in [-0.1, -0.05) is 34.8 Å². The Balaban J connectivity index is 2.93. The molecule has 0 unspecified atom stereocenters. The summed E-state index contributed by atoms with van der Waals surface area (Å²) in [5.41, 5.74) is 2.21. The van der Waals surface area contributed by atoms with Crippen LogP contribution in [0.2, 0.25) is 10.0 Å². The molecule has 0 fully saturated rings. The maximum atomic E-state index is 12.1. The molecule has 0 spiro atoms. The molecule has 0 aliphatic rings. The lowest BCUT2D eigenvalue weighted by atomic mass is 10.3. The van der Waals surface area contributed by atoms with E-state index in [4.69, 9.17) is 34.8 Å². The third kappa shape index (κ3) is 5.78. The second-order valence-corrected chi connectivity index (χ2v) is 4.72. The van der Waals surface area contributed by atoms with Crippen LogP contribution < -0.4 is 10.2 Å². The Morgan fingerprint density at radius 1 is 1.32 bits per heavy atom. The van der Waals surface area contributed by atoms with E-state index in [1.54, 1.807) is 6.92 Å². The van der Waals surface area contributed by atoms with E-state index < -0.39 is 23.3 Å². The van der Waals surface area contributed by atoms with Crippen LogP contribution in [0, 0.1) is 0 Å². The lowest BCUT2D eigenvalue weighted by Crippen LogP contribution is -2.17. The number of alkyl halides is 3. The van der Waals surface area contributed by atoms with Crippen molar-refractivity contribution in [3.63, 3.8) is 0 Å². The largest absolute Gasteiger partial charge is 0.573 e. The highest BCUT2D eigenvalue weighted by atomic mass is 35.5. The summed E-state index contributed by atoms with van der Waals surface area (Å²) in [4.78, 5) is 11.2. The van der Waals surface area contributed by atoms with Crippen molar-refractivity contribution in [3.05, 3.63) is 22.2 Å². The number of rotatable bonds is 5. The topological polar surface area (TPSA) is 59.9 Å². The monoisotopic (exact) mass is 378 g/mol. The maximum absolute atomic E-state index is 12.1. The Labute approximate surface area is 137 Å². The molecule has 5 nitrogen and oxygen atoms in total. The van der Waals surface area contributed by atoms with Crippen LogP contribution >= 0.6 is 34.8 Å². The molecule has 0 saturated heterocycles. The number of nitrogens with one attached hydrogen (secondary N) is 1. The van der Waals surface area contributed by atoms with E-state index in [0.29, 0.717) is 0 Å². The summed E-state index contributed by atoms with van der Waals surface area (Å²) in [6.07, 6.45) is -4.88. The van der Waals surface area contributed by atoms with E-state index in [1.807, 2.05) is 0 Å². The van der Waals surface area contributed by atoms with E-state index in [0.717, 1.165) is 12.1 Å². The number of hydrazone groups is 1. The first-order chi connectivity index (χ1) is 10.1. The Morgan fingerprint density at radius 2 is 1.86 bits per heavy atom. The molecule has 1 aromatic carbocycles. The fourth-order valence-electron chi connectivity index (χ4n) is 1.19. The summed E-state index contributed by atoms with van der Waals surface area (Å²) < 4.78 is 44.6. The van der Waals surface area contributed by atoms with Crippen LogP contribution in [-0.2, 0) is 9.53 Å². The van der Waals surface area contributed by atoms with Gasteiger partial charge in [-0.3, -0.25) is 5.43 Å². The Bertz CT molecular complexity index is 571. The Kier molecular flexibility index (Phi) is 6.58. The number of hydrogen-bond acceptors (Lipinski definition) is 5. The SMILES string of the molecule is CCOC(=O)C(Cl)=NNc1c(Cl)cc(OC(F)(F)F)cc1Cl. The minimum absolute atomic E-state index is 0.0553. The molecule has 0 bridgehead atoms. The number of nitrogens with zero attached hydrogens (tertiary/aromatic N) is 1. The zero-order valence-electron chi connectivity index (χ0n) is 10.8. The smallest absolute Gasteiger partial charge is 0.461 e. The average molecular weight is 380 g/mol. The zero-order valence-corrected chi connectivity index (χ0v) is 13.1. The molecule has 1 N–H and O–H groups in total. The number of benzene rings is 1. The molecule has 0 aliphatic heterocycles. The molecule has 1 rings (SSSR count). The maximum Gasteiger partial charge on any atom is 0.573 e. The summed E-state index contributed by atoms with van der Waals surface area (Å²) in [6.45, 7) is 1.66. The van der Waals surface area contributed by atoms with Gasteiger partial charge in [-0.2, -0.15) is 5.10 Å². The third-order valence-electron chi connectivity index (χ3n) is 1.96. The highest BCUT2D eigenvalue weighted by Gasteiger charge is 2.31. The molecule has 0 aliphatic carbocycles. The fourth-order valence-corrected chi connectivity index (χ4v) is 1.84. The predicted molar refractivity (Wildman–Crippen MR) is 76.7 cm³/mol. The van der Waals surface area contributed by atoms with Crippen LogP contribution in [0.4, 0.5) is 18.9 Å². The molecular weight excluding hydrogens is 371 g/mol. The molecule has 0 aromatic heterocycles. The lowest BCUT2D eigenvalue weighted by Gasteiger charge is -2.12. The van der Waals surface area contributed by atoms with Gasteiger partial charge in [0.2, 0.25) is 5.17 Å². The number of hydrogen-bond donors (Lipinski definition) is 1. The van der Waals surface area contributed by atoms with Gasteiger partial charge < -0.3 is 9.47 Å². The second kappa shape index (κ2) is 7.75.